The second-order valence-electron chi connectivity index (χ2n) is 7.17. The molecule has 1 aliphatic heterocycles. The van der Waals surface area contributed by atoms with Gasteiger partial charge in [-0.1, -0.05) is 13.8 Å². The lowest BCUT2D eigenvalue weighted by molar-refractivity contribution is -0.0477. The van der Waals surface area contributed by atoms with Gasteiger partial charge in [0.05, 0.1) is 25.7 Å². The van der Waals surface area contributed by atoms with Crippen LogP contribution in [0.25, 0.3) is 0 Å². The summed E-state index contributed by atoms with van der Waals surface area (Å²) in [5.74, 6) is 0. The first kappa shape index (κ1) is 25.6. The molecule has 1 unspecified atom stereocenters. The minimum Gasteiger partial charge on any atom is -0.394 e. The monoisotopic (exact) mass is 460 g/mol. The van der Waals surface area contributed by atoms with E-state index in [2.05, 4.69) is 4.98 Å². The van der Waals surface area contributed by atoms with Crippen LogP contribution >= 0.6 is 8.53 Å². The number of halogens is 1. The molecule has 1 aromatic rings. The van der Waals surface area contributed by atoms with E-state index >= 15 is 4.39 Å². The van der Waals surface area contributed by atoms with E-state index in [0.29, 0.717) is 13.1 Å². The molecule has 0 bridgehead atoms. The number of aromatic nitrogens is 2. The zero-order valence-corrected chi connectivity index (χ0v) is 18.9. The maximum atomic E-state index is 15.4. The summed E-state index contributed by atoms with van der Waals surface area (Å²) in [6.45, 7) is 6.40. The van der Waals surface area contributed by atoms with Crippen molar-refractivity contribution >= 4 is 8.53 Å². The Bertz CT molecular complexity index is 853. The molecule has 5 atom stereocenters. The highest BCUT2D eigenvalue weighted by Gasteiger charge is 2.49. The van der Waals surface area contributed by atoms with Crippen molar-refractivity contribution in [2.75, 3.05) is 26.3 Å². The SMILES string of the molecule is CCCN(CCC)P(OCCC#N)O[C@@H]1[C@@H](F)[C@H](n2cc(C)c(=O)[nH]c2=O)O[C@@H]1CO. The lowest BCUT2D eigenvalue weighted by Crippen LogP contribution is -2.38. The number of ether oxygens (including phenoxy) is 1. The Morgan fingerprint density at radius 2 is 2.06 bits per heavy atom. The molecule has 0 amide bonds. The van der Waals surface area contributed by atoms with E-state index in [0.717, 1.165) is 17.4 Å². The van der Waals surface area contributed by atoms with Crippen LogP contribution in [0.3, 0.4) is 0 Å². The van der Waals surface area contributed by atoms with Crippen molar-refractivity contribution in [1.82, 2.24) is 14.2 Å². The minimum atomic E-state index is -1.80. The summed E-state index contributed by atoms with van der Waals surface area (Å²) < 4.78 is 35.7. The van der Waals surface area contributed by atoms with Crippen LogP contribution in [0.4, 0.5) is 4.39 Å². The Kier molecular flexibility index (Phi) is 10.2. The van der Waals surface area contributed by atoms with E-state index < -0.39 is 51.0 Å². The lowest BCUT2D eigenvalue weighted by Gasteiger charge is -2.32. The molecular weight excluding hydrogens is 430 g/mol. The van der Waals surface area contributed by atoms with Gasteiger partial charge in [0.15, 0.2) is 12.4 Å². The molecule has 174 valence electrons. The molecule has 0 radical (unpaired) electrons. The van der Waals surface area contributed by atoms with Gasteiger partial charge in [-0.15, -0.1) is 0 Å². The maximum Gasteiger partial charge on any atom is 0.330 e. The van der Waals surface area contributed by atoms with Crippen LogP contribution < -0.4 is 11.2 Å². The van der Waals surface area contributed by atoms with E-state index in [9.17, 15) is 14.7 Å². The quantitative estimate of drug-likeness (QED) is 0.356. The van der Waals surface area contributed by atoms with Crippen molar-refractivity contribution in [3.8, 4) is 6.07 Å². The second kappa shape index (κ2) is 12.4. The Morgan fingerprint density at radius 3 is 2.65 bits per heavy atom. The van der Waals surface area contributed by atoms with Gasteiger partial charge in [-0.2, -0.15) is 5.26 Å². The third kappa shape index (κ3) is 6.42. The number of rotatable bonds is 12. The van der Waals surface area contributed by atoms with Crippen molar-refractivity contribution in [1.29, 1.82) is 5.26 Å². The molecule has 0 spiro atoms. The van der Waals surface area contributed by atoms with Crippen LogP contribution in [0, 0.1) is 18.3 Å². The van der Waals surface area contributed by atoms with Gasteiger partial charge in [0.1, 0.15) is 12.2 Å². The van der Waals surface area contributed by atoms with Crippen molar-refractivity contribution in [2.24, 2.45) is 0 Å². The van der Waals surface area contributed by atoms with Gasteiger partial charge in [-0.25, -0.2) is 13.9 Å². The summed E-state index contributed by atoms with van der Waals surface area (Å²) in [5, 5.41) is 18.6. The standard InChI is InChI=1S/C19H30FN4O6P/c1-4-8-23(9-5-2)31(28-10-6-7-21)30-16-14(12-25)29-18(15(16)20)24-11-13(3)17(26)22-19(24)27/h11,14-16,18,25H,4-6,8-10,12H2,1-3H3,(H,22,26,27)/t14-,15-,16+,18-,31?/m1/s1. The zero-order valence-electron chi connectivity index (χ0n) is 18.0. The third-order valence-corrected chi connectivity index (χ3v) is 6.38. The lowest BCUT2D eigenvalue weighted by atomic mass is 10.1. The Hall–Kier alpha value is -1.67. The topological polar surface area (TPSA) is 130 Å². The first-order chi connectivity index (χ1) is 14.9. The van der Waals surface area contributed by atoms with Gasteiger partial charge in [0.25, 0.3) is 14.1 Å². The second-order valence-corrected chi connectivity index (χ2v) is 8.68. The van der Waals surface area contributed by atoms with Crippen LogP contribution in [0.15, 0.2) is 15.8 Å². The number of alkyl halides is 1. The average Bonchev–Trinajstić information content (AvgIpc) is 3.05. The Morgan fingerprint density at radius 1 is 1.39 bits per heavy atom. The van der Waals surface area contributed by atoms with E-state index in [1.165, 1.54) is 13.1 Å². The largest absolute Gasteiger partial charge is 0.394 e. The highest BCUT2D eigenvalue weighted by molar-refractivity contribution is 7.44. The summed E-state index contributed by atoms with van der Waals surface area (Å²) in [6, 6.07) is 2.00. The van der Waals surface area contributed by atoms with Gasteiger partial charge in [0, 0.05) is 24.8 Å². The molecule has 0 saturated carbocycles. The first-order valence-corrected chi connectivity index (χ1v) is 11.4. The number of nitrogens with zero attached hydrogens (tertiary/aromatic N) is 3. The van der Waals surface area contributed by atoms with E-state index in [1.807, 2.05) is 24.6 Å². The number of H-pyrrole nitrogens is 1. The molecule has 2 rings (SSSR count). The van der Waals surface area contributed by atoms with Gasteiger partial charge in [0.2, 0.25) is 0 Å². The number of aliphatic hydroxyl groups is 1. The van der Waals surface area contributed by atoms with E-state index in [-0.39, 0.29) is 18.6 Å². The van der Waals surface area contributed by atoms with Crippen LogP contribution in [0.5, 0.6) is 0 Å². The summed E-state index contributed by atoms with van der Waals surface area (Å²) >= 11 is 0. The van der Waals surface area contributed by atoms with Crippen LogP contribution in [0.1, 0.15) is 44.9 Å². The normalized spacial score (nSPS) is 24.4. The van der Waals surface area contributed by atoms with Crippen molar-refractivity contribution in [3.63, 3.8) is 0 Å². The fourth-order valence-corrected chi connectivity index (χ4v) is 5.00. The van der Waals surface area contributed by atoms with Crippen LogP contribution in [-0.4, -0.2) is 64.0 Å². The van der Waals surface area contributed by atoms with Gasteiger partial charge >= 0.3 is 5.69 Å². The molecule has 1 saturated heterocycles. The molecule has 2 N–H and O–H groups in total. The van der Waals surface area contributed by atoms with Crippen molar-refractivity contribution in [3.05, 3.63) is 32.6 Å². The number of aromatic amines is 1. The zero-order chi connectivity index (χ0) is 23.0. The predicted octanol–water partition coefficient (Wildman–Crippen LogP) is 1.74. The highest BCUT2D eigenvalue weighted by Crippen LogP contribution is 2.48. The van der Waals surface area contributed by atoms with E-state index in [1.54, 1.807) is 0 Å². The maximum absolute atomic E-state index is 15.4. The first-order valence-electron chi connectivity index (χ1n) is 10.3. The molecule has 10 nitrogen and oxygen atoms in total. The van der Waals surface area contributed by atoms with Gasteiger partial charge in [-0.3, -0.25) is 14.3 Å². The van der Waals surface area contributed by atoms with Gasteiger partial charge in [-0.05, 0) is 19.8 Å². The van der Waals surface area contributed by atoms with Crippen LogP contribution in [-0.2, 0) is 13.8 Å². The number of nitriles is 1. The van der Waals surface area contributed by atoms with Crippen molar-refractivity contribution < 1.29 is 23.3 Å². The fourth-order valence-electron chi connectivity index (χ4n) is 3.21. The number of aliphatic hydroxyl groups excluding tert-OH is 1. The van der Waals surface area contributed by atoms with E-state index in [4.69, 9.17) is 19.0 Å². The third-order valence-electron chi connectivity index (χ3n) is 4.69. The molecule has 0 aliphatic carbocycles. The van der Waals surface area contributed by atoms with Gasteiger partial charge < -0.3 is 18.9 Å². The molecule has 1 aromatic heterocycles. The summed E-state index contributed by atoms with van der Waals surface area (Å²) in [6.07, 6.45) is -2.37. The molecule has 1 fully saturated rings. The predicted molar refractivity (Wildman–Crippen MR) is 112 cm³/mol. The molecular formula is C19H30FN4O6P. The fraction of sp³-hybridized carbons (Fsp3) is 0.737. The molecule has 1 aliphatic rings. The molecule has 12 heteroatoms. The van der Waals surface area contributed by atoms with Crippen LogP contribution in [0.2, 0.25) is 0 Å². The number of hydrogen-bond donors (Lipinski definition) is 2. The molecule has 2 heterocycles. The van der Waals surface area contributed by atoms with Crippen molar-refractivity contribution in [2.45, 2.75) is 64.6 Å². The molecule has 31 heavy (non-hydrogen) atoms. The average molecular weight is 460 g/mol. The number of nitrogens with one attached hydrogen (secondary N) is 1. The summed E-state index contributed by atoms with van der Waals surface area (Å²) in [5.41, 5.74) is -1.16. The molecule has 0 aromatic carbocycles. The highest BCUT2D eigenvalue weighted by atomic mass is 31.2. The minimum absolute atomic E-state index is 0.127. The summed E-state index contributed by atoms with van der Waals surface area (Å²) in [7, 11) is -1.72. The number of hydrogen-bond acceptors (Lipinski definition) is 8. The summed E-state index contributed by atoms with van der Waals surface area (Å²) in [4.78, 5) is 26.0. The number of aryl methyl sites for hydroxylation is 1. The Labute approximate surface area is 181 Å². The Balaban J connectivity index is 2.28. The smallest absolute Gasteiger partial charge is 0.330 e.